The zero-order valence-electron chi connectivity index (χ0n) is 15.3. The quantitative estimate of drug-likeness (QED) is 0.768. The Hall–Kier alpha value is -1.44. The van der Waals surface area contributed by atoms with Crippen LogP contribution in [-0.4, -0.2) is 66.5 Å². The molecule has 1 atom stereocenters. The number of hydrogen-bond acceptors (Lipinski definition) is 5. The molecule has 6 nitrogen and oxygen atoms in total. The molecule has 26 heavy (non-hydrogen) atoms. The molecule has 3 heterocycles. The second-order valence-corrected chi connectivity index (χ2v) is 7.97. The Balaban J connectivity index is 1.56. The van der Waals surface area contributed by atoms with E-state index in [0.29, 0.717) is 32.8 Å². The van der Waals surface area contributed by atoms with Crippen LogP contribution < -0.4 is 5.73 Å². The minimum absolute atomic E-state index is 0.00180. The summed E-state index contributed by atoms with van der Waals surface area (Å²) in [5, 5.41) is 1.91. The van der Waals surface area contributed by atoms with Gasteiger partial charge in [-0.2, -0.15) is 0 Å². The second kappa shape index (κ2) is 9.48. The average molecular weight is 380 g/mol. The predicted octanol–water partition coefficient (Wildman–Crippen LogP) is 2.10. The van der Waals surface area contributed by atoms with Gasteiger partial charge in [0.05, 0.1) is 11.0 Å². The summed E-state index contributed by atoms with van der Waals surface area (Å²) in [4.78, 5) is 30.3. The van der Waals surface area contributed by atoms with Crippen LogP contribution >= 0.6 is 11.3 Å². The van der Waals surface area contributed by atoms with Gasteiger partial charge in [0.15, 0.2) is 0 Å². The van der Waals surface area contributed by atoms with Crippen LogP contribution in [0.25, 0.3) is 0 Å². The van der Waals surface area contributed by atoms with Crippen molar-refractivity contribution >= 4 is 23.2 Å². The fourth-order valence-electron chi connectivity index (χ4n) is 3.76. The highest BCUT2D eigenvalue weighted by atomic mass is 32.1. The lowest BCUT2D eigenvalue weighted by Gasteiger charge is -2.39. The molecule has 3 rings (SSSR count). The SMILES string of the molecule is NCCCOC1CCN(C(=O)C2CCCCN2C(=O)c2cccs2)CC1. The molecule has 144 valence electrons. The minimum atomic E-state index is -0.312. The van der Waals surface area contributed by atoms with Crippen molar-refractivity contribution in [2.45, 2.75) is 50.7 Å². The van der Waals surface area contributed by atoms with Crippen molar-refractivity contribution in [2.75, 3.05) is 32.8 Å². The van der Waals surface area contributed by atoms with Crippen molar-refractivity contribution < 1.29 is 14.3 Å². The third-order valence-corrected chi connectivity index (χ3v) is 6.09. The van der Waals surface area contributed by atoms with Gasteiger partial charge in [-0.25, -0.2) is 0 Å². The normalized spacial score (nSPS) is 21.8. The zero-order valence-corrected chi connectivity index (χ0v) is 16.1. The van der Waals surface area contributed by atoms with Gasteiger partial charge in [0.25, 0.3) is 5.91 Å². The number of nitrogens with zero attached hydrogens (tertiary/aromatic N) is 2. The molecule has 0 radical (unpaired) electrons. The maximum Gasteiger partial charge on any atom is 0.264 e. The van der Waals surface area contributed by atoms with Crippen LogP contribution in [0.3, 0.4) is 0 Å². The number of ether oxygens (including phenoxy) is 1. The first-order chi connectivity index (χ1) is 12.7. The van der Waals surface area contributed by atoms with Gasteiger partial charge in [0, 0.05) is 26.2 Å². The van der Waals surface area contributed by atoms with Crippen molar-refractivity contribution in [1.82, 2.24) is 9.80 Å². The number of rotatable bonds is 6. The highest BCUT2D eigenvalue weighted by Gasteiger charge is 2.36. The number of thiophene rings is 1. The Morgan fingerprint density at radius 2 is 2.00 bits per heavy atom. The third kappa shape index (κ3) is 4.64. The number of carbonyl (C=O) groups is 2. The molecule has 1 unspecified atom stereocenters. The van der Waals surface area contributed by atoms with Crippen molar-refractivity contribution in [3.63, 3.8) is 0 Å². The highest BCUT2D eigenvalue weighted by Crippen LogP contribution is 2.25. The van der Waals surface area contributed by atoms with E-state index in [0.717, 1.165) is 43.4 Å². The van der Waals surface area contributed by atoms with Crippen LogP contribution in [0.2, 0.25) is 0 Å². The Morgan fingerprint density at radius 1 is 1.19 bits per heavy atom. The van der Waals surface area contributed by atoms with E-state index in [1.807, 2.05) is 22.4 Å². The van der Waals surface area contributed by atoms with Gasteiger partial charge in [-0.05, 0) is 56.5 Å². The van der Waals surface area contributed by atoms with E-state index in [1.165, 1.54) is 11.3 Å². The first-order valence-electron chi connectivity index (χ1n) is 9.65. The van der Waals surface area contributed by atoms with E-state index in [4.69, 9.17) is 10.5 Å². The Labute approximate surface area is 159 Å². The third-order valence-electron chi connectivity index (χ3n) is 5.24. The van der Waals surface area contributed by atoms with Gasteiger partial charge < -0.3 is 20.3 Å². The summed E-state index contributed by atoms with van der Waals surface area (Å²) in [6.07, 6.45) is 5.57. The van der Waals surface area contributed by atoms with Crippen molar-refractivity contribution in [2.24, 2.45) is 5.73 Å². The molecule has 2 amide bonds. The lowest BCUT2D eigenvalue weighted by molar-refractivity contribution is -0.139. The molecule has 2 aliphatic heterocycles. The Morgan fingerprint density at radius 3 is 2.69 bits per heavy atom. The maximum atomic E-state index is 13.1. The Bertz CT molecular complexity index is 585. The van der Waals surface area contributed by atoms with Crippen molar-refractivity contribution in [1.29, 1.82) is 0 Å². The lowest BCUT2D eigenvalue weighted by atomic mass is 9.99. The first-order valence-corrected chi connectivity index (χ1v) is 10.5. The molecule has 2 saturated heterocycles. The molecule has 2 aliphatic rings. The number of likely N-dealkylation sites (tertiary alicyclic amines) is 2. The number of nitrogens with two attached hydrogens (primary N) is 1. The summed E-state index contributed by atoms with van der Waals surface area (Å²) in [6.45, 7) is 3.44. The standard InChI is InChI=1S/C19H29N3O3S/c20-9-4-13-25-15-7-11-21(12-8-15)18(23)16-5-1-2-10-22(16)19(24)17-6-3-14-26-17/h3,6,14-16H,1-2,4-5,7-13,20H2. The molecule has 2 fully saturated rings. The number of carbonyl (C=O) groups excluding carboxylic acids is 2. The largest absolute Gasteiger partial charge is 0.378 e. The highest BCUT2D eigenvalue weighted by molar-refractivity contribution is 7.12. The molecule has 7 heteroatoms. The molecule has 0 bridgehead atoms. The number of hydrogen-bond donors (Lipinski definition) is 1. The maximum absolute atomic E-state index is 13.1. The van der Waals surface area contributed by atoms with Crippen LogP contribution in [0.5, 0.6) is 0 Å². The van der Waals surface area contributed by atoms with E-state index in [9.17, 15) is 9.59 Å². The molecule has 0 aromatic carbocycles. The van der Waals surface area contributed by atoms with Crippen LogP contribution in [0.1, 0.15) is 48.2 Å². The van der Waals surface area contributed by atoms with E-state index < -0.39 is 0 Å². The van der Waals surface area contributed by atoms with Gasteiger partial charge in [-0.3, -0.25) is 9.59 Å². The minimum Gasteiger partial charge on any atom is -0.378 e. The zero-order chi connectivity index (χ0) is 18.4. The first kappa shape index (κ1) is 19.3. The van der Waals surface area contributed by atoms with E-state index in [2.05, 4.69) is 0 Å². The number of amides is 2. The molecule has 2 N–H and O–H groups in total. The van der Waals surface area contributed by atoms with Crippen LogP contribution in [0, 0.1) is 0 Å². The average Bonchev–Trinajstić information content (AvgIpc) is 3.22. The fourth-order valence-corrected chi connectivity index (χ4v) is 4.44. The summed E-state index contributed by atoms with van der Waals surface area (Å²) in [6, 6.07) is 3.41. The summed E-state index contributed by atoms with van der Waals surface area (Å²) >= 11 is 1.44. The molecule has 1 aromatic rings. The lowest BCUT2D eigenvalue weighted by Crippen LogP contribution is -2.54. The van der Waals surface area contributed by atoms with E-state index in [-0.39, 0.29) is 24.0 Å². The topological polar surface area (TPSA) is 75.9 Å². The van der Waals surface area contributed by atoms with Gasteiger partial charge in [0.2, 0.25) is 5.91 Å². The van der Waals surface area contributed by atoms with Gasteiger partial charge in [-0.15, -0.1) is 11.3 Å². The molecule has 0 spiro atoms. The summed E-state index contributed by atoms with van der Waals surface area (Å²) < 4.78 is 5.82. The van der Waals surface area contributed by atoms with Crippen LogP contribution in [0.4, 0.5) is 0 Å². The van der Waals surface area contributed by atoms with Gasteiger partial charge in [0.1, 0.15) is 6.04 Å². The Kier molecular flexibility index (Phi) is 7.05. The summed E-state index contributed by atoms with van der Waals surface area (Å²) in [5.41, 5.74) is 5.50. The van der Waals surface area contributed by atoms with Gasteiger partial charge >= 0.3 is 0 Å². The molecule has 1 aromatic heterocycles. The smallest absolute Gasteiger partial charge is 0.264 e. The van der Waals surface area contributed by atoms with Crippen molar-refractivity contribution in [3.8, 4) is 0 Å². The van der Waals surface area contributed by atoms with E-state index >= 15 is 0 Å². The molecular formula is C19H29N3O3S. The van der Waals surface area contributed by atoms with Crippen molar-refractivity contribution in [3.05, 3.63) is 22.4 Å². The summed E-state index contributed by atoms with van der Waals surface area (Å²) in [5.74, 6) is 0.105. The second-order valence-electron chi connectivity index (χ2n) is 7.03. The molecular weight excluding hydrogens is 350 g/mol. The predicted molar refractivity (Wildman–Crippen MR) is 102 cm³/mol. The number of piperidine rings is 2. The summed E-state index contributed by atoms with van der Waals surface area (Å²) in [7, 11) is 0. The van der Waals surface area contributed by atoms with Crippen LogP contribution in [0.15, 0.2) is 17.5 Å². The van der Waals surface area contributed by atoms with Crippen LogP contribution in [-0.2, 0) is 9.53 Å². The fraction of sp³-hybridized carbons (Fsp3) is 0.684. The molecule has 0 aliphatic carbocycles. The monoisotopic (exact) mass is 379 g/mol. The van der Waals surface area contributed by atoms with E-state index in [1.54, 1.807) is 4.90 Å². The molecule has 0 saturated carbocycles. The van der Waals surface area contributed by atoms with Gasteiger partial charge in [-0.1, -0.05) is 6.07 Å².